The Morgan fingerprint density at radius 3 is 3.00 bits per heavy atom. The summed E-state index contributed by atoms with van der Waals surface area (Å²) in [7, 11) is -3.46. The van der Waals surface area contributed by atoms with Crippen molar-refractivity contribution in [1.82, 2.24) is 19.6 Å². The Morgan fingerprint density at radius 1 is 1.55 bits per heavy atom. The monoisotopic (exact) mass is 300 g/mol. The van der Waals surface area contributed by atoms with Gasteiger partial charge in [-0.25, -0.2) is 13.4 Å². The lowest BCUT2D eigenvalue weighted by Gasteiger charge is -2.38. The third-order valence-corrected chi connectivity index (χ3v) is 5.70. The highest BCUT2D eigenvalue weighted by molar-refractivity contribution is 7.89. The van der Waals surface area contributed by atoms with Crippen LogP contribution in [0.15, 0.2) is 17.6 Å². The standard InChI is InChI=1S/C13H24N4O2S/c1-3-7-15-11(2)12-6-4-5-8-17(12)20(18,19)13-9-14-10-16-13/h9-12,15H,3-8H2,1-2H3,(H,14,16). The molecule has 2 N–H and O–H groups in total. The summed E-state index contributed by atoms with van der Waals surface area (Å²) in [6.07, 6.45) is 6.74. The van der Waals surface area contributed by atoms with Crippen LogP contribution in [-0.4, -0.2) is 47.9 Å². The second-order valence-corrected chi connectivity index (χ2v) is 7.20. The third-order valence-electron chi connectivity index (χ3n) is 3.85. The predicted molar refractivity (Wildman–Crippen MR) is 77.9 cm³/mol. The van der Waals surface area contributed by atoms with E-state index in [0.717, 1.165) is 32.2 Å². The molecule has 2 heterocycles. The van der Waals surface area contributed by atoms with Crippen molar-refractivity contribution in [1.29, 1.82) is 0 Å². The molecule has 0 aliphatic carbocycles. The summed E-state index contributed by atoms with van der Waals surface area (Å²) in [4.78, 5) is 6.54. The molecule has 1 aliphatic heterocycles. The summed E-state index contributed by atoms with van der Waals surface area (Å²) < 4.78 is 27.0. The minimum atomic E-state index is -3.46. The SMILES string of the molecule is CCCNC(C)C1CCCCN1S(=O)(=O)c1cnc[nH]1. The van der Waals surface area contributed by atoms with Gasteiger partial charge in [0.1, 0.15) is 0 Å². The second-order valence-electron chi connectivity index (χ2n) is 5.34. The summed E-state index contributed by atoms with van der Waals surface area (Å²) in [5, 5.41) is 3.60. The molecule has 1 aliphatic rings. The van der Waals surface area contributed by atoms with Crippen LogP contribution >= 0.6 is 0 Å². The summed E-state index contributed by atoms with van der Waals surface area (Å²) >= 11 is 0. The Kier molecular flexibility index (Phi) is 5.17. The first-order valence-corrected chi connectivity index (χ1v) is 8.75. The van der Waals surface area contributed by atoms with E-state index >= 15 is 0 Å². The normalized spacial score (nSPS) is 22.8. The Morgan fingerprint density at radius 2 is 2.35 bits per heavy atom. The lowest BCUT2D eigenvalue weighted by molar-refractivity contribution is 0.208. The number of nitrogens with zero attached hydrogens (tertiary/aromatic N) is 2. The molecule has 0 bridgehead atoms. The van der Waals surface area contributed by atoms with Crippen molar-refractivity contribution in [3.63, 3.8) is 0 Å². The number of H-pyrrole nitrogens is 1. The Bertz CT molecular complexity index is 500. The van der Waals surface area contributed by atoms with E-state index in [1.165, 1.54) is 12.5 Å². The molecule has 1 aromatic heterocycles. The zero-order valence-corrected chi connectivity index (χ0v) is 13.0. The van der Waals surface area contributed by atoms with Gasteiger partial charge < -0.3 is 10.3 Å². The van der Waals surface area contributed by atoms with Gasteiger partial charge in [0.15, 0.2) is 5.03 Å². The zero-order chi connectivity index (χ0) is 14.6. The van der Waals surface area contributed by atoms with E-state index in [4.69, 9.17) is 0 Å². The van der Waals surface area contributed by atoms with E-state index in [0.29, 0.717) is 6.54 Å². The van der Waals surface area contributed by atoms with Crippen molar-refractivity contribution >= 4 is 10.0 Å². The molecule has 0 radical (unpaired) electrons. The zero-order valence-electron chi connectivity index (χ0n) is 12.2. The van der Waals surface area contributed by atoms with Crippen LogP contribution in [0.2, 0.25) is 0 Å². The van der Waals surface area contributed by atoms with Gasteiger partial charge in [-0.2, -0.15) is 4.31 Å². The van der Waals surface area contributed by atoms with Crippen LogP contribution in [-0.2, 0) is 10.0 Å². The van der Waals surface area contributed by atoms with Crippen molar-refractivity contribution in [2.45, 2.75) is 56.6 Å². The van der Waals surface area contributed by atoms with Gasteiger partial charge in [0, 0.05) is 18.6 Å². The number of nitrogens with one attached hydrogen (secondary N) is 2. The van der Waals surface area contributed by atoms with Gasteiger partial charge >= 0.3 is 0 Å². The maximum Gasteiger partial charge on any atom is 0.260 e. The van der Waals surface area contributed by atoms with E-state index in [9.17, 15) is 8.42 Å². The van der Waals surface area contributed by atoms with Crippen LogP contribution in [0.5, 0.6) is 0 Å². The van der Waals surface area contributed by atoms with E-state index in [1.807, 2.05) is 0 Å². The number of hydrogen-bond donors (Lipinski definition) is 2. The van der Waals surface area contributed by atoms with Crippen LogP contribution in [0.1, 0.15) is 39.5 Å². The van der Waals surface area contributed by atoms with Crippen molar-refractivity contribution in [3.05, 3.63) is 12.5 Å². The van der Waals surface area contributed by atoms with Crippen LogP contribution in [0, 0.1) is 0 Å². The van der Waals surface area contributed by atoms with Gasteiger partial charge in [-0.3, -0.25) is 0 Å². The number of sulfonamides is 1. The topological polar surface area (TPSA) is 78.1 Å². The highest BCUT2D eigenvalue weighted by Gasteiger charge is 2.36. The lowest BCUT2D eigenvalue weighted by atomic mass is 9.99. The summed E-state index contributed by atoms with van der Waals surface area (Å²) in [5.74, 6) is 0. The van der Waals surface area contributed by atoms with E-state index < -0.39 is 10.0 Å². The van der Waals surface area contributed by atoms with Crippen LogP contribution in [0.4, 0.5) is 0 Å². The van der Waals surface area contributed by atoms with Crippen molar-refractivity contribution in [2.24, 2.45) is 0 Å². The van der Waals surface area contributed by atoms with Gasteiger partial charge in [-0.15, -0.1) is 0 Å². The van der Waals surface area contributed by atoms with Gasteiger partial charge in [-0.05, 0) is 32.7 Å². The minimum absolute atomic E-state index is 0.0172. The molecule has 2 rings (SSSR count). The molecule has 0 amide bonds. The molecule has 0 spiro atoms. The number of hydrogen-bond acceptors (Lipinski definition) is 4. The van der Waals surface area contributed by atoms with Crippen molar-refractivity contribution in [3.8, 4) is 0 Å². The molecule has 6 nitrogen and oxygen atoms in total. The molecule has 7 heteroatoms. The first kappa shape index (κ1) is 15.5. The minimum Gasteiger partial charge on any atom is -0.335 e. The number of aromatic amines is 1. The van der Waals surface area contributed by atoms with Crippen molar-refractivity contribution < 1.29 is 8.42 Å². The average Bonchev–Trinajstić information content (AvgIpc) is 2.99. The first-order valence-electron chi connectivity index (χ1n) is 7.31. The number of imidazole rings is 1. The Labute approximate surface area is 121 Å². The average molecular weight is 300 g/mol. The van der Waals surface area contributed by atoms with Crippen LogP contribution < -0.4 is 5.32 Å². The molecule has 114 valence electrons. The van der Waals surface area contributed by atoms with Gasteiger partial charge in [0.25, 0.3) is 10.0 Å². The first-order chi connectivity index (χ1) is 9.57. The third kappa shape index (κ3) is 3.21. The van der Waals surface area contributed by atoms with E-state index in [1.54, 1.807) is 4.31 Å². The largest absolute Gasteiger partial charge is 0.335 e. The molecule has 0 aromatic carbocycles. The molecule has 20 heavy (non-hydrogen) atoms. The van der Waals surface area contributed by atoms with Crippen molar-refractivity contribution in [2.75, 3.05) is 13.1 Å². The van der Waals surface area contributed by atoms with Crippen LogP contribution in [0.25, 0.3) is 0 Å². The predicted octanol–water partition coefficient (Wildman–Crippen LogP) is 1.34. The number of piperidine rings is 1. The Balaban J connectivity index is 2.18. The molecule has 0 saturated carbocycles. The molecule has 1 fully saturated rings. The second kappa shape index (κ2) is 6.69. The summed E-state index contributed by atoms with van der Waals surface area (Å²) in [6.45, 7) is 5.68. The molecule has 2 atom stereocenters. The summed E-state index contributed by atoms with van der Waals surface area (Å²) in [5.41, 5.74) is 0. The molecule has 1 saturated heterocycles. The lowest BCUT2D eigenvalue weighted by Crippen LogP contribution is -2.53. The highest BCUT2D eigenvalue weighted by Crippen LogP contribution is 2.26. The highest BCUT2D eigenvalue weighted by atomic mass is 32.2. The fourth-order valence-corrected chi connectivity index (χ4v) is 4.41. The smallest absolute Gasteiger partial charge is 0.260 e. The number of aromatic nitrogens is 2. The maximum atomic E-state index is 12.7. The maximum absolute atomic E-state index is 12.7. The Hall–Kier alpha value is -0.920. The van der Waals surface area contributed by atoms with Crippen LogP contribution in [0.3, 0.4) is 0 Å². The van der Waals surface area contributed by atoms with E-state index in [-0.39, 0.29) is 17.1 Å². The van der Waals surface area contributed by atoms with Gasteiger partial charge in [0.2, 0.25) is 0 Å². The number of rotatable bonds is 6. The molecular formula is C13H24N4O2S. The molecule has 1 aromatic rings. The molecule has 2 unspecified atom stereocenters. The van der Waals surface area contributed by atoms with Gasteiger partial charge in [-0.1, -0.05) is 13.3 Å². The quantitative estimate of drug-likeness (QED) is 0.831. The van der Waals surface area contributed by atoms with Gasteiger partial charge in [0.05, 0.1) is 12.5 Å². The fourth-order valence-electron chi connectivity index (χ4n) is 2.75. The fraction of sp³-hybridized carbons (Fsp3) is 0.769. The molecular weight excluding hydrogens is 276 g/mol. The summed E-state index contributed by atoms with van der Waals surface area (Å²) in [6, 6.07) is 0.177. The van der Waals surface area contributed by atoms with E-state index in [2.05, 4.69) is 29.1 Å².